The van der Waals surface area contributed by atoms with Crippen molar-refractivity contribution in [2.24, 2.45) is 5.92 Å². The third-order valence-electron chi connectivity index (χ3n) is 6.44. The van der Waals surface area contributed by atoms with Crippen LogP contribution in [0.25, 0.3) is 0 Å². The van der Waals surface area contributed by atoms with Crippen molar-refractivity contribution in [3.8, 4) is 6.07 Å². The lowest BCUT2D eigenvalue weighted by Gasteiger charge is -2.22. The van der Waals surface area contributed by atoms with E-state index in [9.17, 15) is 23.2 Å². The highest BCUT2D eigenvalue weighted by Crippen LogP contribution is 2.34. The second-order valence-electron chi connectivity index (χ2n) is 8.53. The SMILES string of the molecule is CCc1cccc2c1CN(C(=O)C[C@@H]1C[C@@H](C(=O)N3CC(F)(F)C[C@H]3C#N)NC1=O)C2. The first-order valence-corrected chi connectivity index (χ1v) is 10.5. The number of aryl methyl sites for hydroxylation is 1. The summed E-state index contributed by atoms with van der Waals surface area (Å²) in [5.41, 5.74) is 3.46. The molecule has 7 nitrogen and oxygen atoms in total. The maximum absolute atomic E-state index is 13.7. The molecule has 9 heteroatoms. The number of benzene rings is 1. The van der Waals surface area contributed by atoms with Gasteiger partial charge >= 0.3 is 0 Å². The maximum Gasteiger partial charge on any atom is 0.268 e. The van der Waals surface area contributed by atoms with Crippen molar-refractivity contribution in [2.45, 2.75) is 63.7 Å². The molecular weight excluding hydrogens is 406 g/mol. The van der Waals surface area contributed by atoms with Crippen LogP contribution in [0.15, 0.2) is 18.2 Å². The van der Waals surface area contributed by atoms with Gasteiger partial charge in [-0.1, -0.05) is 25.1 Å². The van der Waals surface area contributed by atoms with Gasteiger partial charge in [-0.3, -0.25) is 14.4 Å². The largest absolute Gasteiger partial charge is 0.344 e. The summed E-state index contributed by atoms with van der Waals surface area (Å²) in [5.74, 6) is -5.10. The molecule has 0 saturated carbocycles. The summed E-state index contributed by atoms with van der Waals surface area (Å²) in [7, 11) is 0. The van der Waals surface area contributed by atoms with E-state index in [1.165, 1.54) is 5.56 Å². The minimum Gasteiger partial charge on any atom is -0.344 e. The van der Waals surface area contributed by atoms with Gasteiger partial charge in [0.2, 0.25) is 17.7 Å². The van der Waals surface area contributed by atoms with Crippen LogP contribution in [0.5, 0.6) is 0 Å². The van der Waals surface area contributed by atoms with Crippen LogP contribution in [-0.4, -0.2) is 52.1 Å². The molecule has 0 unspecified atom stereocenters. The maximum atomic E-state index is 13.7. The van der Waals surface area contributed by atoms with E-state index in [0.717, 1.165) is 22.4 Å². The standard InChI is InChI=1S/C22H24F2N4O3/c1-2-13-4-3-5-14-10-27(11-17(13)14)19(29)7-15-6-18(26-20(15)30)21(31)28-12-22(23,24)8-16(28)9-25/h3-5,15-16,18H,2,6-8,10-12H2,1H3,(H,26,30)/t15-,16-,18-/m0/s1. The van der Waals surface area contributed by atoms with Crippen molar-refractivity contribution >= 4 is 17.7 Å². The lowest BCUT2D eigenvalue weighted by molar-refractivity contribution is -0.135. The first-order valence-electron chi connectivity index (χ1n) is 10.5. The van der Waals surface area contributed by atoms with Gasteiger partial charge in [0.15, 0.2) is 0 Å². The Labute approximate surface area is 179 Å². The molecule has 0 radical (unpaired) electrons. The van der Waals surface area contributed by atoms with E-state index >= 15 is 0 Å². The summed E-state index contributed by atoms with van der Waals surface area (Å²) in [6.45, 7) is 2.23. The van der Waals surface area contributed by atoms with Crippen LogP contribution < -0.4 is 5.32 Å². The fraction of sp³-hybridized carbons (Fsp3) is 0.545. The Morgan fingerprint density at radius 3 is 2.81 bits per heavy atom. The number of carbonyl (C=O) groups excluding carboxylic acids is 3. The van der Waals surface area contributed by atoms with Crippen LogP contribution in [0, 0.1) is 17.2 Å². The number of hydrogen-bond donors (Lipinski definition) is 1. The molecule has 1 aromatic carbocycles. The zero-order chi connectivity index (χ0) is 22.3. The van der Waals surface area contributed by atoms with Gasteiger partial charge < -0.3 is 15.1 Å². The number of carbonyl (C=O) groups is 3. The van der Waals surface area contributed by atoms with Crippen LogP contribution in [-0.2, 0) is 33.9 Å². The summed E-state index contributed by atoms with van der Waals surface area (Å²) in [4.78, 5) is 40.5. The second kappa shape index (κ2) is 7.91. The van der Waals surface area contributed by atoms with Crippen LogP contribution in [0.1, 0.15) is 42.9 Å². The Bertz CT molecular complexity index is 974. The van der Waals surface area contributed by atoms with Crippen LogP contribution in [0.2, 0.25) is 0 Å². The van der Waals surface area contributed by atoms with Crippen molar-refractivity contribution in [3.05, 3.63) is 34.9 Å². The summed E-state index contributed by atoms with van der Waals surface area (Å²) in [6.07, 6.45) is 0.194. The van der Waals surface area contributed by atoms with Gasteiger partial charge in [-0.25, -0.2) is 8.78 Å². The highest BCUT2D eigenvalue weighted by molar-refractivity contribution is 5.94. The van der Waals surface area contributed by atoms with Crippen molar-refractivity contribution < 1.29 is 23.2 Å². The summed E-state index contributed by atoms with van der Waals surface area (Å²) >= 11 is 0. The number of likely N-dealkylation sites (tertiary alicyclic amines) is 1. The van der Waals surface area contributed by atoms with E-state index in [1.54, 1.807) is 11.0 Å². The van der Waals surface area contributed by atoms with Crippen molar-refractivity contribution in [3.63, 3.8) is 0 Å². The fourth-order valence-electron chi connectivity index (χ4n) is 4.78. The number of nitrogens with one attached hydrogen (secondary N) is 1. The van der Waals surface area contributed by atoms with E-state index in [0.29, 0.717) is 13.1 Å². The molecule has 0 bridgehead atoms. The predicted octanol–water partition coefficient (Wildman–Crippen LogP) is 1.75. The lowest BCUT2D eigenvalue weighted by atomic mass is 9.99. The topological polar surface area (TPSA) is 93.5 Å². The van der Waals surface area contributed by atoms with Crippen LogP contribution in [0.3, 0.4) is 0 Å². The number of hydrogen-bond acceptors (Lipinski definition) is 4. The molecule has 3 atom stereocenters. The van der Waals surface area contributed by atoms with Gasteiger partial charge in [0.05, 0.1) is 12.6 Å². The molecule has 31 heavy (non-hydrogen) atoms. The molecule has 4 rings (SSSR count). The zero-order valence-electron chi connectivity index (χ0n) is 17.2. The molecule has 0 spiro atoms. The molecule has 2 fully saturated rings. The molecule has 3 aliphatic heterocycles. The minimum absolute atomic E-state index is 0.0388. The Kier molecular flexibility index (Phi) is 5.42. The molecule has 164 valence electrons. The summed E-state index contributed by atoms with van der Waals surface area (Å²) < 4.78 is 27.3. The number of rotatable bonds is 4. The molecule has 0 aromatic heterocycles. The van der Waals surface area contributed by atoms with Gasteiger partial charge in [-0.2, -0.15) is 5.26 Å². The molecule has 1 N–H and O–H groups in total. The van der Waals surface area contributed by atoms with E-state index in [-0.39, 0.29) is 18.7 Å². The van der Waals surface area contributed by atoms with Crippen LogP contribution in [0.4, 0.5) is 8.78 Å². The predicted molar refractivity (Wildman–Crippen MR) is 105 cm³/mol. The number of nitrogens with zero attached hydrogens (tertiary/aromatic N) is 3. The first-order chi connectivity index (χ1) is 14.7. The average Bonchev–Trinajstić information content (AvgIpc) is 3.41. The van der Waals surface area contributed by atoms with Crippen molar-refractivity contribution in [1.82, 2.24) is 15.1 Å². The Morgan fingerprint density at radius 2 is 2.10 bits per heavy atom. The van der Waals surface area contributed by atoms with Gasteiger partial charge in [-0.15, -0.1) is 0 Å². The number of fused-ring (bicyclic) bond motifs is 1. The third-order valence-corrected chi connectivity index (χ3v) is 6.44. The van der Waals surface area contributed by atoms with Gasteiger partial charge in [-0.05, 0) is 29.5 Å². The normalized spacial score (nSPS) is 26.5. The number of alkyl halides is 2. The Morgan fingerprint density at radius 1 is 1.32 bits per heavy atom. The molecule has 2 saturated heterocycles. The average molecular weight is 430 g/mol. The number of amides is 3. The molecule has 3 heterocycles. The van der Waals surface area contributed by atoms with Gasteiger partial charge in [0, 0.05) is 31.8 Å². The minimum atomic E-state index is -3.11. The van der Waals surface area contributed by atoms with Crippen molar-refractivity contribution in [1.29, 1.82) is 5.26 Å². The van der Waals surface area contributed by atoms with E-state index < -0.39 is 48.7 Å². The van der Waals surface area contributed by atoms with Crippen LogP contribution >= 0.6 is 0 Å². The second-order valence-corrected chi connectivity index (χ2v) is 8.53. The van der Waals surface area contributed by atoms with Gasteiger partial charge in [0.25, 0.3) is 5.92 Å². The highest BCUT2D eigenvalue weighted by atomic mass is 19.3. The summed E-state index contributed by atoms with van der Waals surface area (Å²) in [5, 5.41) is 11.6. The summed E-state index contributed by atoms with van der Waals surface area (Å²) in [6, 6.07) is 5.55. The smallest absolute Gasteiger partial charge is 0.268 e. The first kappa shape index (κ1) is 21.2. The zero-order valence-corrected chi connectivity index (χ0v) is 17.2. The van der Waals surface area contributed by atoms with E-state index in [4.69, 9.17) is 5.26 Å². The quantitative estimate of drug-likeness (QED) is 0.788. The fourth-order valence-corrected chi connectivity index (χ4v) is 4.78. The highest BCUT2D eigenvalue weighted by Gasteiger charge is 2.50. The van der Waals surface area contributed by atoms with Gasteiger partial charge in [0.1, 0.15) is 12.1 Å². The van der Waals surface area contributed by atoms with Crippen molar-refractivity contribution in [2.75, 3.05) is 6.54 Å². The molecule has 3 amide bonds. The Hall–Kier alpha value is -3.02. The molecule has 1 aromatic rings. The number of halogens is 2. The molecule has 0 aliphatic carbocycles. The molecule has 3 aliphatic rings. The van der Waals surface area contributed by atoms with E-state index in [1.807, 2.05) is 18.2 Å². The van der Waals surface area contributed by atoms with E-state index in [2.05, 4.69) is 12.2 Å². The number of nitriles is 1. The Balaban J connectivity index is 1.38. The molecular formula is C22H24F2N4O3. The third kappa shape index (κ3) is 3.99. The monoisotopic (exact) mass is 430 g/mol. The lowest BCUT2D eigenvalue weighted by Crippen LogP contribution is -2.46.